The molecule has 2 heteroatoms. The summed E-state index contributed by atoms with van der Waals surface area (Å²) >= 11 is 0. The van der Waals surface area contributed by atoms with Gasteiger partial charge in [-0.15, -0.1) is 6.58 Å². The average molecular weight is 238 g/mol. The van der Waals surface area contributed by atoms with Crippen LogP contribution in [0.1, 0.15) is 40.0 Å². The second-order valence-electron chi connectivity index (χ2n) is 7.65. The Hall–Kier alpha value is -0.0831. The lowest BCUT2D eigenvalue weighted by molar-refractivity contribution is -0.189. The van der Waals surface area contributed by atoms with Crippen LogP contribution in [0, 0.1) is 10.8 Å². The minimum absolute atomic E-state index is 0.340. The van der Waals surface area contributed by atoms with Crippen molar-refractivity contribution in [3.63, 3.8) is 0 Å². The minimum Gasteiger partial charge on any atom is -0.416 e. The summed E-state index contributed by atoms with van der Waals surface area (Å²) in [6.45, 7) is 16.6. The van der Waals surface area contributed by atoms with Crippen LogP contribution in [0.5, 0.6) is 0 Å². The van der Waals surface area contributed by atoms with Crippen LogP contribution in [0.2, 0.25) is 18.1 Å². The zero-order valence-corrected chi connectivity index (χ0v) is 12.5. The van der Waals surface area contributed by atoms with Crippen LogP contribution < -0.4 is 0 Å². The first-order valence-corrected chi connectivity index (χ1v) is 9.32. The van der Waals surface area contributed by atoms with Crippen LogP contribution in [0.3, 0.4) is 0 Å². The van der Waals surface area contributed by atoms with Crippen LogP contribution in [-0.2, 0) is 4.43 Å². The molecule has 0 aliphatic heterocycles. The molecule has 0 N–H and O–H groups in total. The molecule has 3 fully saturated rings. The molecule has 0 aromatic carbocycles. The molecule has 0 saturated heterocycles. The van der Waals surface area contributed by atoms with E-state index in [1.165, 1.54) is 19.3 Å². The summed E-state index contributed by atoms with van der Waals surface area (Å²) in [5, 5.41) is 0.340. The van der Waals surface area contributed by atoms with E-state index in [-0.39, 0.29) is 0 Å². The lowest BCUT2D eigenvalue weighted by Crippen LogP contribution is -2.63. The van der Waals surface area contributed by atoms with Gasteiger partial charge in [-0.25, -0.2) is 0 Å². The maximum absolute atomic E-state index is 6.33. The Morgan fingerprint density at radius 3 is 2.12 bits per heavy atom. The van der Waals surface area contributed by atoms with E-state index in [0.717, 1.165) is 6.61 Å². The Balaban J connectivity index is 1.84. The molecule has 2 bridgehead atoms. The van der Waals surface area contributed by atoms with Gasteiger partial charge in [0.05, 0.1) is 0 Å². The van der Waals surface area contributed by atoms with Gasteiger partial charge in [-0.05, 0) is 48.2 Å². The lowest BCUT2D eigenvalue weighted by Gasteiger charge is -2.70. The van der Waals surface area contributed by atoms with Gasteiger partial charge in [-0.3, -0.25) is 0 Å². The van der Waals surface area contributed by atoms with E-state index in [1.54, 1.807) is 0 Å². The molecule has 0 unspecified atom stereocenters. The Bertz CT molecular complexity index is 291. The highest BCUT2D eigenvalue weighted by Gasteiger charge is 2.66. The number of rotatable bonds is 4. The van der Waals surface area contributed by atoms with E-state index >= 15 is 0 Å². The monoisotopic (exact) mass is 238 g/mol. The summed E-state index contributed by atoms with van der Waals surface area (Å²) in [5.74, 6) is 0. The normalized spacial score (nSPS) is 37.6. The molecule has 1 nitrogen and oxygen atoms in total. The first-order valence-electron chi connectivity index (χ1n) is 6.41. The number of allylic oxidation sites excluding steroid dienone is 1. The average Bonchev–Trinajstić information content (AvgIpc) is 1.97. The summed E-state index contributed by atoms with van der Waals surface area (Å²) in [7, 11) is -1.53. The Kier molecular flexibility index (Phi) is 2.50. The third-order valence-electron chi connectivity index (χ3n) is 5.16. The van der Waals surface area contributed by atoms with Crippen molar-refractivity contribution in [2.45, 2.75) is 58.2 Å². The van der Waals surface area contributed by atoms with Gasteiger partial charge in [0.1, 0.15) is 0 Å². The van der Waals surface area contributed by atoms with Gasteiger partial charge in [0, 0.05) is 6.61 Å². The van der Waals surface area contributed by atoms with Gasteiger partial charge in [-0.1, -0.05) is 26.8 Å². The van der Waals surface area contributed by atoms with Crippen LogP contribution in [0.4, 0.5) is 0 Å². The largest absolute Gasteiger partial charge is 0.416 e. The van der Waals surface area contributed by atoms with E-state index in [0.29, 0.717) is 15.9 Å². The predicted molar refractivity (Wildman–Crippen MR) is 72.1 cm³/mol. The zero-order chi connectivity index (χ0) is 12.2. The molecule has 0 amide bonds. The molecule has 92 valence electrons. The van der Waals surface area contributed by atoms with Gasteiger partial charge >= 0.3 is 0 Å². The molecule has 0 heterocycles. The summed E-state index contributed by atoms with van der Waals surface area (Å²) in [6, 6.07) is 0. The first-order chi connectivity index (χ1) is 7.14. The highest BCUT2D eigenvalue weighted by Crippen LogP contribution is 2.74. The fourth-order valence-electron chi connectivity index (χ4n) is 3.00. The minimum atomic E-state index is -1.53. The second-order valence-corrected chi connectivity index (χ2v) is 12.5. The molecule has 3 rings (SSSR count). The lowest BCUT2D eigenvalue weighted by atomic mass is 9.35. The van der Waals surface area contributed by atoms with Crippen molar-refractivity contribution < 1.29 is 4.43 Å². The van der Waals surface area contributed by atoms with Crippen LogP contribution >= 0.6 is 0 Å². The quantitative estimate of drug-likeness (QED) is 0.522. The number of hydrogen-bond acceptors (Lipinski definition) is 1. The SMILES string of the molecule is C=CC12CC(CO[Si](C)(C)C(C)(C)C)(C1)C2. The standard InChI is InChI=1S/C14H26OSi/c1-7-13-8-14(9-13,10-13)11-15-16(5,6)12(2,3)4/h7H,1,8-11H2,2-6H3. The molecular formula is C14H26OSi. The molecule has 0 aromatic heterocycles. The molecule has 16 heavy (non-hydrogen) atoms. The van der Waals surface area contributed by atoms with Crippen LogP contribution in [0.25, 0.3) is 0 Å². The van der Waals surface area contributed by atoms with Crippen molar-refractivity contribution in [1.82, 2.24) is 0 Å². The van der Waals surface area contributed by atoms with Crippen molar-refractivity contribution >= 4 is 8.32 Å². The molecule has 3 aliphatic rings. The van der Waals surface area contributed by atoms with Gasteiger partial charge in [0.25, 0.3) is 0 Å². The van der Waals surface area contributed by atoms with Gasteiger partial charge in [-0.2, -0.15) is 0 Å². The Labute approximate surface area is 101 Å². The highest BCUT2D eigenvalue weighted by molar-refractivity contribution is 6.74. The van der Waals surface area contributed by atoms with E-state index in [1.807, 2.05) is 0 Å². The molecule has 0 aromatic rings. The molecule has 0 radical (unpaired) electrons. The van der Waals surface area contributed by atoms with Crippen molar-refractivity contribution in [1.29, 1.82) is 0 Å². The summed E-state index contributed by atoms with van der Waals surface area (Å²) in [6.07, 6.45) is 6.16. The maximum atomic E-state index is 6.33. The van der Waals surface area contributed by atoms with E-state index in [9.17, 15) is 0 Å². The third-order valence-corrected chi connectivity index (χ3v) is 9.64. The fourth-order valence-corrected chi connectivity index (χ4v) is 4.10. The summed E-state index contributed by atoms with van der Waals surface area (Å²) in [5.41, 5.74) is 1.07. The van der Waals surface area contributed by atoms with Crippen LogP contribution in [0.15, 0.2) is 12.7 Å². The van der Waals surface area contributed by atoms with E-state index in [4.69, 9.17) is 4.43 Å². The van der Waals surface area contributed by atoms with Crippen molar-refractivity contribution in [2.24, 2.45) is 10.8 Å². The zero-order valence-electron chi connectivity index (χ0n) is 11.5. The maximum Gasteiger partial charge on any atom is 0.192 e. The van der Waals surface area contributed by atoms with Crippen molar-refractivity contribution in [2.75, 3.05) is 6.61 Å². The van der Waals surface area contributed by atoms with Gasteiger partial charge < -0.3 is 4.43 Å². The van der Waals surface area contributed by atoms with Crippen molar-refractivity contribution in [3.8, 4) is 0 Å². The topological polar surface area (TPSA) is 9.23 Å². The van der Waals surface area contributed by atoms with Crippen molar-refractivity contribution in [3.05, 3.63) is 12.7 Å². The molecule has 0 spiro atoms. The van der Waals surface area contributed by atoms with E-state index < -0.39 is 8.32 Å². The smallest absolute Gasteiger partial charge is 0.192 e. The Morgan fingerprint density at radius 2 is 1.75 bits per heavy atom. The second kappa shape index (κ2) is 3.23. The van der Waals surface area contributed by atoms with Crippen LogP contribution in [-0.4, -0.2) is 14.9 Å². The molecular weight excluding hydrogens is 212 g/mol. The molecule has 3 saturated carbocycles. The van der Waals surface area contributed by atoms with E-state index in [2.05, 4.69) is 46.5 Å². The molecule has 0 atom stereocenters. The first kappa shape index (κ1) is 12.4. The fraction of sp³-hybridized carbons (Fsp3) is 0.857. The number of hydrogen-bond donors (Lipinski definition) is 0. The molecule has 3 aliphatic carbocycles. The van der Waals surface area contributed by atoms with Gasteiger partial charge in [0.2, 0.25) is 0 Å². The summed E-state index contributed by atoms with van der Waals surface area (Å²) < 4.78 is 6.33. The summed E-state index contributed by atoms with van der Waals surface area (Å²) in [4.78, 5) is 0. The van der Waals surface area contributed by atoms with Gasteiger partial charge in [0.15, 0.2) is 8.32 Å². The Morgan fingerprint density at radius 1 is 1.25 bits per heavy atom. The highest BCUT2D eigenvalue weighted by atomic mass is 28.4. The third kappa shape index (κ3) is 1.70. The predicted octanol–water partition coefficient (Wildman–Crippen LogP) is 4.36.